The molecule has 0 N–H and O–H groups in total. The predicted octanol–water partition coefficient (Wildman–Crippen LogP) is 14.4. The average molecular weight is 720 g/mol. The molecule has 266 valence electrons. The van der Waals surface area contributed by atoms with Crippen LogP contribution in [-0.2, 0) is 10.8 Å². The minimum atomic E-state index is -0.975. The van der Waals surface area contributed by atoms with Crippen molar-refractivity contribution in [1.29, 1.82) is 0 Å². The van der Waals surface area contributed by atoms with Crippen LogP contribution >= 0.6 is 10.0 Å². The van der Waals surface area contributed by atoms with Gasteiger partial charge in [0.2, 0.25) is 0 Å². The second-order valence-electron chi connectivity index (χ2n) is 16.9. The number of nitrogens with zero attached hydrogens (tertiary/aromatic N) is 1. The summed E-state index contributed by atoms with van der Waals surface area (Å²) in [6.07, 6.45) is 7.01. The van der Waals surface area contributed by atoms with Crippen LogP contribution in [-0.4, -0.2) is 18.8 Å². The second-order valence-corrected chi connectivity index (χ2v) is 21.1. The molecule has 0 atom stereocenters. The molecule has 0 spiro atoms. The Bertz CT molecular complexity index is 2700. The molecule has 0 fully saturated rings. The van der Waals surface area contributed by atoms with E-state index in [0.717, 1.165) is 39.4 Å². The van der Waals surface area contributed by atoms with Crippen molar-refractivity contribution in [1.82, 2.24) is 0 Å². The maximum atomic E-state index is 6.80. The van der Waals surface area contributed by atoms with Crippen molar-refractivity contribution in [3.63, 3.8) is 0 Å². The van der Waals surface area contributed by atoms with Crippen LogP contribution in [0.15, 0.2) is 155 Å². The maximum absolute atomic E-state index is 6.80. The molecule has 2 nitrogen and oxygen atoms in total. The maximum Gasteiger partial charge on any atom is 0.147 e. The van der Waals surface area contributed by atoms with Crippen LogP contribution in [0.3, 0.4) is 0 Å². The van der Waals surface area contributed by atoms with Crippen LogP contribution in [0.2, 0.25) is 0 Å². The summed E-state index contributed by atoms with van der Waals surface area (Å²) in [5.74, 6) is 0. The smallest absolute Gasteiger partial charge is 0.147 e. The molecule has 54 heavy (non-hydrogen) atoms. The normalized spacial score (nSPS) is 15.2. The van der Waals surface area contributed by atoms with Crippen molar-refractivity contribution >= 4 is 49.0 Å². The van der Waals surface area contributed by atoms with Crippen LogP contribution in [0.1, 0.15) is 49.9 Å². The standard InChI is InChI=1S/C51H45NOS/c1-50(2)43-19-10-8-14-37(43)39-28-26-34(30-45(39)50)52(35-27-29-40-38-15-9-11-20-44(38)51(3,4)46(40)31-35)33-24-22-32(23-25-33)36-16-12-17-41-42-18-13-21-47(54(5,6)7)49(42)53-48(36)41/h8-31H,1-7H3. The van der Waals surface area contributed by atoms with E-state index in [4.69, 9.17) is 4.42 Å². The molecule has 7 aromatic carbocycles. The van der Waals surface area contributed by atoms with Gasteiger partial charge in [-0.1, -0.05) is 131 Å². The second kappa shape index (κ2) is 11.5. The molecule has 8 aromatic rings. The first-order chi connectivity index (χ1) is 25.9. The lowest BCUT2D eigenvalue weighted by atomic mass is 9.82. The third-order valence-electron chi connectivity index (χ3n) is 12.2. The van der Waals surface area contributed by atoms with Crippen molar-refractivity contribution in [3.05, 3.63) is 168 Å². The highest BCUT2D eigenvalue weighted by Crippen LogP contribution is 2.54. The van der Waals surface area contributed by atoms with Gasteiger partial charge < -0.3 is 9.32 Å². The van der Waals surface area contributed by atoms with E-state index in [2.05, 4.69) is 197 Å². The van der Waals surface area contributed by atoms with E-state index < -0.39 is 10.0 Å². The molecule has 3 heteroatoms. The zero-order valence-electron chi connectivity index (χ0n) is 32.1. The highest BCUT2D eigenvalue weighted by Gasteiger charge is 2.37. The van der Waals surface area contributed by atoms with Gasteiger partial charge in [-0.25, -0.2) is 10.0 Å². The summed E-state index contributed by atoms with van der Waals surface area (Å²) < 4.78 is 6.80. The molecule has 10 rings (SSSR count). The Morgan fingerprint density at radius 2 is 0.889 bits per heavy atom. The van der Waals surface area contributed by atoms with Gasteiger partial charge in [0.05, 0.1) is 0 Å². The van der Waals surface area contributed by atoms with Gasteiger partial charge in [0.1, 0.15) is 11.2 Å². The number of benzene rings is 7. The SMILES string of the molecule is CC1(C)c2ccccc2-c2ccc(N(c3ccc(-c4cccc5c4oc4c(S(C)(C)C)cccc45)cc3)c3ccc4c(c3)C(C)(C)c3ccccc3-4)cc21. The van der Waals surface area contributed by atoms with Gasteiger partial charge in [0.25, 0.3) is 0 Å². The van der Waals surface area contributed by atoms with E-state index in [1.807, 2.05) is 0 Å². The summed E-state index contributed by atoms with van der Waals surface area (Å²) in [7, 11) is -0.975. The Hall–Kier alpha value is -5.51. The monoisotopic (exact) mass is 719 g/mol. The van der Waals surface area contributed by atoms with E-state index in [-0.39, 0.29) is 10.8 Å². The van der Waals surface area contributed by atoms with Gasteiger partial charge in [-0.3, -0.25) is 0 Å². The molecule has 1 aromatic heterocycles. The van der Waals surface area contributed by atoms with Gasteiger partial charge in [-0.05, 0) is 111 Å². The Labute approximate surface area is 320 Å². The highest BCUT2D eigenvalue weighted by molar-refractivity contribution is 8.32. The number of anilines is 3. The topological polar surface area (TPSA) is 16.4 Å². The Morgan fingerprint density at radius 3 is 1.44 bits per heavy atom. The quantitative estimate of drug-likeness (QED) is 0.176. The minimum absolute atomic E-state index is 0.0986. The van der Waals surface area contributed by atoms with Crippen molar-refractivity contribution in [2.45, 2.75) is 43.4 Å². The first-order valence-electron chi connectivity index (χ1n) is 18.9. The lowest BCUT2D eigenvalue weighted by molar-refractivity contribution is 0.660. The Kier molecular flexibility index (Phi) is 7.04. The third kappa shape index (κ3) is 4.74. The fraction of sp³-hybridized carbons (Fsp3) is 0.176. The molecule has 0 radical (unpaired) electrons. The summed E-state index contributed by atoms with van der Waals surface area (Å²) in [6.45, 7) is 9.45. The number of para-hydroxylation sites is 2. The van der Waals surface area contributed by atoms with Crippen LogP contribution in [0.25, 0.3) is 55.3 Å². The summed E-state index contributed by atoms with van der Waals surface area (Å²) in [5, 5.41) is 2.36. The fourth-order valence-electron chi connectivity index (χ4n) is 9.40. The van der Waals surface area contributed by atoms with E-state index in [1.165, 1.54) is 60.2 Å². The minimum Gasteiger partial charge on any atom is -0.454 e. The summed E-state index contributed by atoms with van der Waals surface area (Å²) in [5.41, 5.74) is 18.3. The van der Waals surface area contributed by atoms with Gasteiger partial charge in [-0.15, -0.1) is 0 Å². The van der Waals surface area contributed by atoms with E-state index in [9.17, 15) is 0 Å². The predicted molar refractivity (Wildman–Crippen MR) is 233 cm³/mol. The van der Waals surface area contributed by atoms with Crippen molar-refractivity contribution < 1.29 is 4.42 Å². The largest absolute Gasteiger partial charge is 0.454 e. The van der Waals surface area contributed by atoms with Crippen LogP contribution in [0.5, 0.6) is 0 Å². The van der Waals surface area contributed by atoms with Gasteiger partial charge in [-0.2, -0.15) is 0 Å². The molecule has 0 unspecified atom stereocenters. The number of hydrogen-bond donors (Lipinski definition) is 0. The van der Waals surface area contributed by atoms with Gasteiger partial charge in [0, 0.05) is 49.1 Å². The average Bonchev–Trinajstić information content (AvgIpc) is 3.75. The first kappa shape index (κ1) is 33.1. The molecule has 0 bridgehead atoms. The van der Waals surface area contributed by atoms with Crippen molar-refractivity contribution in [3.8, 4) is 33.4 Å². The summed E-state index contributed by atoms with van der Waals surface area (Å²) >= 11 is 0. The third-order valence-corrected chi connectivity index (χ3v) is 13.9. The lowest BCUT2D eigenvalue weighted by Crippen LogP contribution is -2.18. The molecule has 2 aliphatic rings. The van der Waals surface area contributed by atoms with Gasteiger partial charge >= 0.3 is 0 Å². The number of furan rings is 1. The number of fused-ring (bicyclic) bond motifs is 9. The van der Waals surface area contributed by atoms with Gasteiger partial charge in [0.15, 0.2) is 0 Å². The van der Waals surface area contributed by atoms with Crippen LogP contribution < -0.4 is 4.90 Å². The molecule has 1 heterocycles. The first-order valence-corrected chi connectivity index (χ1v) is 21.8. The Morgan fingerprint density at radius 1 is 0.426 bits per heavy atom. The molecule has 2 aliphatic carbocycles. The van der Waals surface area contributed by atoms with E-state index in [0.29, 0.717) is 0 Å². The fourth-order valence-corrected chi connectivity index (χ4v) is 10.6. The van der Waals surface area contributed by atoms with Crippen molar-refractivity contribution in [2.75, 3.05) is 23.7 Å². The molecular formula is C51H45NOS. The van der Waals surface area contributed by atoms with E-state index in [1.54, 1.807) is 0 Å². The summed E-state index contributed by atoms with van der Waals surface area (Å²) in [6, 6.07) is 54.2. The number of rotatable bonds is 5. The highest BCUT2D eigenvalue weighted by atomic mass is 32.3. The van der Waals surface area contributed by atoms with E-state index >= 15 is 0 Å². The molecule has 0 amide bonds. The molecule has 0 saturated heterocycles. The van der Waals surface area contributed by atoms with Crippen molar-refractivity contribution in [2.24, 2.45) is 0 Å². The van der Waals surface area contributed by atoms with Crippen LogP contribution in [0, 0.1) is 0 Å². The zero-order valence-corrected chi connectivity index (χ0v) is 32.9. The molecule has 0 aliphatic heterocycles. The van der Waals surface area contributed by atoms with Crippen LogP contribution in [0.4, 0.5) is 17.1 Å². The summed E-state index contributed by atoms with van der Waals surface area (Å²) in [4.78, 5) is 3.76. The zero-order chi connectivity index (χ0) is 37.1. The number of hydrogen-bond acceptors (Lipinski definition) is 2. The lowest BCUT2D eigenvalue weighted by Gasteiger charge is -2.30. The molecule has 0 saturated carbocycles. The molecular weight excluding hydrogens is 675 g/mol. The Balaban J connectivity index is 1.13.